The average Bonchev–Trinajstić information content (AvgIpc) is 2.77. The Hall–Kier alpha value is -1.02. The van der Waals surface area contributed by atoms with E-state index < -0.39 is 0 Å². The molecule has 19 heavy (non-hydrogen) atoms. The predicted molar refractivity (Wildman–Crippen MR) is 80.5 cm³/mol. The van der Waals surface area contributed by atoms with Gasteiger partial charge >= 0.3 is 0 Å². The number of aryl methyl sites for hydroxylation is 1. The van der Waals surface area contributed by atoms with E-state index in [0.717, 1.165) is 6.42 Å². The van der Waals surface area contributed by atoms with Crippen LogP contribution in [0.25, 0.3) is 0 Å². The number of nitrogens with zero attached hydrogens (tertiary/aromatic N) is 1. The highest BCUT2D eigenvalue weighted by atomic mass is 16.3. The standard InChI is InChI=1S/C17H27NO/c1-4-5-6-11-18(13(2)3)17-10-7-14-12-15(19)8-9-16(14)17/h8-9,12-13,17,19H,4-7,10-11H2,1-3H3. The van der Waals surface area contributed by atoms with Gasteiger partial charge in [-0.25, -0.2) is 0 Å². The summed E-state index contributed by atoms with van der Waals surface area (Å²) in [7, 11) is 0. The minimum atomic E-state index is 0.404. The van der Waals surface area contributed by atoms with Crippen molar-refractivity contribution in [2.75, 3.05) is 6.54 Å². The van der Waals surface area contributed by atoms with E-state index in [4.69, 9.17) is 0 Å². The molecule has 1 atom stereocenters. The minimum absolute atomic E-state index is 0.404. The summed E-state index contributed by atoms with van der Waals surface area (Å²) in [6, 6.07) is 7.04. The maximum Gasteiger partial charge on any atom is 0.115 e. The molecular weight excluding hydrogens is 234 g/mol. The molecule has 2 nitrogen and oxygen atoms in total. The van der Waals surface area contributed by atoms with Crippen molar-refractivity contribution < 1.29 is 5.11 Å². The Balaban J connectivity index is 2.12. The molecule has 0 aromatic heterocycles. The van der Waals surface area contributed by atoms with Crippen LogP contribution in [0, 0.1) is 0 Å². The van der Waals surface area contributed by atoms with Crippen molar-refractivity contribution in [1.82, 2.24) is 4.90 Å². The lowest BCUT2D eigenvalue weighted by Crippen LogP contribution is -2.34. The number of aromatic hydroxyl groups is 1. The summed E-state index contributed by atoms with van der Waals surface area (Å²) in [6.45, 7) is 8.04. The van der Waals surface area contributed by atoms with E-state index in [2.05, 4.69) is 31.7 Å². The second-order valence-electron chi connectivity index (χ2n) is 5.98. The normalized spacial score (nSPS) is 18.3. The molecule has 1 aliphatic rings. The Morgan fingerprint density at radius 3 is 2.79 bits per heavy atom. The first-order chi connectivity index (χ1) is 9.13. The first-order valence-corrected chi connectivity index (χ1v) is 7.71. The monoisotopic (exact) mass is 261 g/mol. The fourth-order valence-corrected chi connectivity index (χ4v) is 3.24. The third kappa shape index (κ3) is 3.30. The summed E-state index contributed by atoms with van der Waals surface area (Å²) in [5.74, 6) is 0.404. The maximum absolute atomic E-state index is 9.59. The SMILES string of the molecule is CCCCCN(C(C)C)C1CCc2cc(O)ccc21. The number of rotatable bonds is 6. The zero-order valence-corrected chi connectivity index (χ0v) is 12.5. The molecule has 1 N–H and O–H groups in total. The zero-order valence-electron chi connectivity index (χ0n) is 12.5. The Kier molecular flexibility index (Phi) is 4.87. The molecule has 0 saturated heterocycles. The first-order valence-electron chi connectivity index (χ1n) is 7.71. The summed E-state index contributed by atoms with van der Waals surface area (Å²) in [6.07, 6.45) is 6.19. The minimum Gasteiger partial charge on any atom is -0.508 e. The van der Waals surface area contributed by atoms with E-state index in [1.807, 2.05) is 12.1 Å². The molecular formula is C17H27NO. The van der Waals surface area contributed by atoms with E-state index >= 15 is 0 Å². The summed E-state index contributed by atoms with van der Waals surface area (Å²) in [4.78, 5) is 2.64. The van der Waals surface area contributed by atoms with Crippen LogP contribution in [-0.2, 0) is 6.42 Å². The van der Waals surface area contributed by atoms with Gasteiger partial charge in [0.25, 0.3) is 0 Å². The van der Waals surface area contributed by atoms with Gasteiger partial charge in [-0.05, 0) is 62.9 Å². The third-order valence-electron chi connectivity index (χ3n) is 4.26. The summed E-state index contributed by atoms with van der Waals surface area (Å²) >= 11 is 0. The summed E-state index contributed by atoms with van der Waals surface area (Å²) in [5.41, 5.74) is 2.77. The van der Waals surface area contributed by atoms with E-state index in [1.165, 1.54) is 43.4 Å². The number of unbranched alkanes of at least 4 members (excludes halogenated alkanes) is 2. The second kappa shape index (κ2) is 6.42. The highest BCUT2D eigenvalue weighted by molar-refractivity contribution is 5.40. The summed E-state index contributed by atoms with van der Waals surface area (Å²) in [5, 5.41) is 9.59. The van der Waals surface area contributed by atoms with Crippen molar-refractivity contribution in [3.05, 3.63) is 29.3 Å². The van der Waals surface area contributed by atoms with Crippen LogP contribution in [-0.4, -0.2) is 22.6 Å². The molecule has 2 heteroatoms. The van der Waals surface area contributed by atoms with Gasteiger partial charge in [0.15, 0.2) is 0 Å². The molecule has 1 aromatic carbocycles. The van der Waals surface area contributed by atoms with Crippen LogP contribution in [0.1, 0.15) is 63.6 Å². The van der Waals surface area contributed by atoms with Crippen LogP contribution in [0.2, 0.25) is 0 Å². The second-order valence-corrected chi connectivity index (χ2v) is 5.98. The fourth-order valence-electron chi connectivity index (χ4n) is 3.24. The number of benzene rings is 1. The van der Waals surface area contributed by atoms with Gasteiger partial charge in [-0.2, -0.15) is 0 Å². The molecule has 2 rings (SSSR count). The first kappa shape index (κ1) is 14.4. The molecule has 0 spiro atoms. The van der Waals surface area contributed by atoms with Gasteiger partial charge in [0, 0.05) is 12.1 Å². The van der Waals surface area contributed by atoms with Gasteiger partial charge in [0.05, 0.1) is 0 Å². The highest BCUT2D eigenvalue weighted by Crippen LogP contribution is 2.38. The maximum atomic E-state index is 9.59. The molecule has 0 heterocycles. The Morgan fingerprint density at radius 2 is 2.11 bits per heavy atom. The molecule has 1 aromatic rings. The van der Waals surface area contributed by atoms with Crippen molar-refractivity contribution >= 4 is 0 Å². The van der Waals surface area contributed by atoms with Crippen molar-refractivity contribution in [3.8, 4) is 5.75 Å². The zero-order chi connectivity index (χ0) is 13.8. The fraction of sp³-hybridized carbons (Fsp3) is 0.647. The van der Waals surface area contributed by atoms with Crippen molar-refractivity contribution in [2.24, 2.45) is 0 Å². The number of phenols is 1. The van der Waals surface area contributed by atoms with E-state index in [0.29, 0.717) is 17.8 Å². The molecule has 0 radical (unpaired) electrons. The van der Waals surface area contributed by atoms with Crippen LogP contribution in [0.4, 0.5) is 0 Å². The lowest BCUT2D eigenvalue weighted by atomic mass is 10.0. The van der Waals surface area contributed by atoms with E-state index in [-0.39, 0.29) is 0 Å². The molecule has 0 amide bonds. The Morgan fingerprint density at radius 1 is 1.32 bits per heavy atom. The van der Waals surface area contributed by atoms with Gasteiger partial charge in [-0.3, -0.25) is 4.90 Å². The quantitative estimate of drug-likeness (QED) is 0.773. The topological polar surface area (TPSA) is 23.5 Å². The van der Waals surface area contributed by atoms with Crippen molar-refractivity contribution in [2.45, 2.75) is 65.0 Å². The van der Waals surface area contributed by atoms with Crippen LogP contribution in [0.15, 0.2) is 18.2 Å². The smallest absolute Gasteiger partial charge is 0.115 e. The van der Waals surface area contributed by atoms with Crippen LogP contribution < -0.4 is 0 Å². The van der Waals surface area contributed by atoms with Gasteiger partial charge in [-0.15, -0.1) is 0 Å². The van der Waals surface area contributed by atoms with E-state index in [1.54, 1.807) is 0 Å². The molecule has 106 valence electrons. The summed E-state index contributed by atoms with van der Waals surface area (Å²) < 4.78 is 0. The number of fused-ring (bicyclic) bond motifs is 1. The van der Waals surface area contributed by atoms with Crippen molar-refractivity contribution in [3.63, 3.8) is 0 Å². The number of hydrogen-bond donors (Lipinski definition) is 1. The van der Waals surface area contributed by atoms with Gasteiger partial charge in [0.1, 0.15) is 5.75 Å². The highest BCUT2D eigenvalue weighted by Gasteiger charge is 2.29. The van der Waals surface area contributed by atoms with Gasteiger partial charge in [0.2, 0.25) is 0 Å². The van der Waals surface area contributed by atoms with Gasteiger partial charge < -0.3 is 5.11 Å². The average molecular weight is 261 g/mol. The molecule has 0 aliphatic heterocycles. The molecule has 0 saturated carbocycles. The predicted octanol–water partition coefficient (Wildman–Crippen LogP) is 4.28. The Bertz CT molecular complexity index is 414. The third-order valence-corrected chi connectivity index (χ3v) is 4.26. The van der Waals surface area contributed by atoms with Crippen molar-refractivity contribution in [1.29, 1.82) is 0 Å². The van der Waals surface area contributed by atoms with Crippen LogP contribution in [0.5, 0.6) is 5.75 Å². The lowest BCUT2D eigenvalue weighted by Gasteiger charge is -2.33. The number of phenolic OH excluding ortho intramolecular Hbond substituents is 1. The number of hydrogen-bond acceptors (Lipinski definition) is 2. The largest absolute Gasteiger partial charge is 0.508 e. The molecule has 0 bridgehead atoms. The van der Waals surface area contributed by atoms with E-state index in [9.17, 15) is 5.11 Å². The van der Waals surface area contributed by atoms with Crippen LogP contribution >= 0.6 is 0 Å². The lowest BCUT2D eigenvalue weighted by molar-refractivity contribution is 0.149. The molecule has 1 unspecified atom stereocenters. The van der Waals surface area contributed by atoms with Crippen LogP contribution in [0.3, 0.4) is 0 Å². The molecule has 1 aliphatic carbocycles. The molecule has 0 fully saturated rings. The Labute approximate surface area is 117 Å². The van der Waals surface area contributed by atoms with Gasteiger partial charge in [-0.1, -0.05) is 25.8 Å².